The molecule has 0 atom stereocenters. The lowest BCUT2D eigenvalue weighted by atomic mass is 10.1. The molecule has 18 heavy (non-hydrogen) atoms. The molecule has 1 aromatic carbocycles. The van der Waals surface area contributed by atoms with E-state index in [0.717, 1.165) is 26.1 Å². The third-order valence-electron chi connectivity index (χ3n) is 2.84. The lowest BCUT2D eigenvalue weighted by Crippen LogP contribution is -2.40. The Hall–Kier alpha value is -0.930. The van der Waals surface area contributed by atoms with Gasteiger partial charge in [0.15, 0.2) is 0 Å². The van der Waals surface area contributed by atoms with Crippen LogP contribution in [-0.2, 0) is 6.42 Å². The Bertz CT molecular complexity index is 341. The molecule has 0 heterocycles. The average molecular weight is 252 g/mol. The third-order valence-corrected chi connectivity index (χ3v) is 2.84. The van der Waals surface area contributed by atoms with Gasteiger partial charge in [-0.05, 0) is 51.9 Å². The van der Waals surface area contributed by atoms with Gasteiger partial charge in [-0.3, -0.25) is 0 Å². The van der Waals surface area contributed by atoms with Crippen molar-refractivity contribution in [2.24, 2.45) is 0 Å². The zero-order valence-electron chi connectivity index (χ0n) is 12.0. The molecule has 2 nitrogen and oxygen atoms in total. The number of nitrogens with zero attached hydrogens (tertiary/aromatic N) is 1. The second-order valence-electron chi connectivity index (χ2n) is 5.86. The number of likely N-dealkylation sites (N-methyl/N-ethyl adjacent to an activating group) is 1. The summed E-state index contributed by atoms with van der Waals surface area (Å²) in [5.41, 5.74) is 1.37. The normalized spacial score (nSPS) is 12.1. The first kappa shape index (κ1) is 15.1. The molecule has 0 aliphatic carbocycles. The Morgan fingerprint density at radius 3 is 2.28 bits per heavy atom. The first-order chi connectivity index (χ1) is 8.37. The van der Waals surface area contributed by atoms with Crippen molar-refractivity contribution in [3.05, 3.63) is 35.6 Å². The van der Waals surface area contributed by atoms with Gasteiger partial charge in [-0.2, -0.15) is 0 Å². The number of nitrogens with one attached hydrogen (secondary N) is 1. The SMILES string of the molecule is CN(CCNC(C)(C)C)CCc1ccc(F)cc1. The van der Waals surface area contributed by atoms with Crippen LogP contribution in [0.1, 0.15) is 26.3 Å². The Morgan fingerprint density at radius 2 is 1.72 bits per heavy atom. The number of hydrogen-bond acceptors (Lipinski definition) is 2. The summed E-state index contributed by atoms with van der Waals surface area (Å²) in [6.07, 6.45) is 0.965. The van der Waals surface area contributed by atoms with Crippen LogP contribution in [0.15, 0.2) is 24.3 Å². The number of halogens is 1. The second-order valence-corrected chi connectivity index (χ2v) is 5.86. The topological polar surface area (TPSA) is 15.3 Å². The van der Waals surface area contributed by atoms with Gasteiger partial charge in [0.2, 0.25) is 0 Å². The van der Waals surface area contributed by atoms with E-state index in [1.165, 1.54) is 17.7 Å². The summed E-state index contributed by atoms with van der Waals surface area (Å²) in [7, 11) is 2.12. The molecule has 3 heteroatoms. The lowest BCUT2D eigenvalue weighted by Gasteiger charge is -2.23. The van der Waals surface area contributed by atoms with Crippen molar-refractivity contribution in [3.8, 4) is 0 Å². The maximum Gasteiger partial charge on any atom is 0.123 e. The highest BCUT2D eigenvalue weighted by molar-refractivity contribution is 5.16. The summed E-state index contributed by atoms with van der Waals surface area (Å²) < 4.78 is 12.7. The van der Waals surface area contributed by atoms with Crippen molar-refractivity contribution >= 4 is 0 Å². The van der Waals surface area contributed by atoms with Gasteiger partial charge >= 0.3 is 0 Å². The van der Waals surface area contributed by atoms with Crippen LogP contribution in [0.5, 0.6) is 0 Å². The molecule has 0 aliphatic heterocycles. The third kappa shape index (κ3) is 6.72. The van der Waals surface area contributed by atoms with Crippen LogP contribution >= 0.6 is 0 Å². The Labute approximate surface area is 110 Å². The fraction of sp³-hybridized carbons (Fsp3) is 0.600. The molecule has 1 rings (SSSR count). The summed E-state index contributed by atoms with van der Waals surface area (Å²) >= 11 is 0. The molecule has 0 spiro atoms. The van der Waals surface area contributed by atoms with Crippen molar-refractivity contribution in [1.82, 2.24) is 10.2 Å². The van der Waals surface area contributed by atoms with Crippen LogP contribution < -0.4 is 5.32 Å². The summed E-state index contributed by atoms with van der Waals surface area (Å²) in [4.78, 5) is 2.29. The van der Waals surface area contributed by atoms with Gasteiger partial charge < -0.3 is 10.2 Å². The molecule has 0 unspecified atom stereocenters. The van der Waals surface area contributed by atoms with Crippen molar-refractivity contribution in [2.45, 2.75) is 32.7 Å². The zero-order chi connectivity index (χ0) is 13.6. The predicted octanol–water partition coefficient (Wildman–Crippen LogP) is 2.69. The molecule has 102 valence electrons. The molecule has 0 aromatic heterocycles. The Balaban J connectivity index is 2.21. The van der Waals surface area contributed by atoms with Gasteiger partial charge in [0, 0.05) is 25.2 Å². The zero-order valence-corrected chi connectivity index (χ0v) is 12.0. The molecular weight excluding hydrogens is 227 g/mol. The fourth-order valence-electron chi connectivity index (χ4n) is 1.70. The minimum absolute atomic E-state index is 0.165. The van der Waals surface area contributed by atoms with E-state index in [-0.39, 0.29) is 11.4 Å². The fourth-order valence-corrected chi connectivity index (χ4v) is 1.70. The van der Waals surface area contributed by atoms with Crippen LogP contribution in [0.2, 0.25) is 0 Å². The molecule has 1 N–H and O–H groups in total. The predicted molar refractivity (Wildman–Crippen MR) is 75.4 cm³/mol. The van der Waals surface area contributed by atoms with E-state index in [0.29, 0.717) is 0 Å². The van der Waals surface area contributed by atoms with E-state index in [1.54, 1.807) is 0 Å². The molecule has 0 radical (unpaired) electrons. The highest BCUT2D eigenvalue weighted by Gasteiger charge is 2.08. The van der Waals surface area contributed by atoms with Gasteiger partial charge in [0.05, 0.1) is 0 Å². The smallest absolute Gasteiger partial charge is 0.123 e. The minimum atomic E-state index is -0.165. The van der Waals surface area contributed by atoms with Crippen molar-refractivity contribution < 1.29 is 4.39 Å². The first-order valence-corrected chi connectivity index (χ1v) is 6.55. The van der Waals surface area contributed by atoms with Crippen LogP contribution in [0.25, 0.3) is 0 Å². The molecular formula is C15H25FN2. The molecule has 0 fully saturated rings. The largest absolute Gasteiger partial charge is 0.311 e. The highest BCUT2D eigenvalue weighted by Crippen LogP contribution is 2.04. The number of rotatable bonds is 6. The molecule has 1 aromatic rings. The molecule has 0 bridgehead atoms. The van der Waals surface area contributed by atoms with Crippen molar-refractivity contribution in [1.29, 1.82) is 0 Å². The van der Waals surface area contributed by atoms with Crippen LogP contribution in [0, 0.1) is 5.82 Å². The standard InChI is InChI=1S/C15H25FN2/c1-15(2,3)17-10-12-18(4)11-9-13-5-7-14(16)8-6-13/h5-8,17H,9-12H2,1-4H3. The molecule has 0 saturated heterocycles. The van der Waals surface area contributed by atoms with Crippen molar-refractivity contribution in [3.63, 3.8) is 0 Å². The van der Waals surface area contributed by atoms with E-state index in [2.05, 4.69) is 38.0 Å². The number of hydrogen-bond donors (Lipinski definition) is 1. The van der Waals surface area contributed by atoms with Gasteiger partial charge in [-0.15, -0.1) is 0 Å². The monoisotopic (exact) mass is 252 g/mol. The summed E-state index contributed by atoms with van der Waals surface area (Å²) in [5.74, 6) is -0.165. The second kappa shape index (κ2) is 6.86. The van der Waals surface area contributed by atoms with E-state index < -0.39 is 0 Å². The van der Waals surface area contributed by atoms with E-state index in [1.807, 2.05) is 12.1 Å². The van der Waals surface area contributed by atoms with Gasteiger partial charge in [0.1, 0.15) is 5.82 Å². The van der Waals surface area contributed by atoms with Gasteiger partial charge in [0.25, 0.3) is 0 Å². The highest BCUT2D eigenvalue weighted by atomic mass is 19.1. The molecule has 0 amide bonds. The van der Waals surface area contributed by atoms with Crippen molar-refractivity contribution in [2.75, 3.05) is 26.7 Å². The first-order valence-electron chi connectivity index (χ1n) is 6.55. The molecule has 0 saturated carbocycles. The van der Waals surface area contributed by atoms with Crippen LogP contribution in [0.4, 0.5) is 4.39 Å². The lowest BCUT2D eigenvalue weighted by molar-refractivity contribution is 0.312. The Morgan fingerprint density at radius 1 is 1.11 bits per heavy atom. The molecule has 0 aliphatic rings. The van der Waals surface area contributed by atoms with Crippen LogP contribution in [-0.4, -0.2) is 37.1 Å². The average Bonchev–Trinajstić information content (AvgIpc) is 2.26. The Kier molecular flexibility index (Phi) is 5.76. The maximum absolute atomic E-state index is 12.7. The van der Waals surface area contributed by atoms with Gasteiger partial charge in [-0.1, -0.05) is 12.1 Å². The summed E-state index contributed by atoms with van der Waals surface area (Å²) in [5, 5.41) is 3.47. The summed E-state index contributed by atoms with van der Waals surface area (Å²) in [6, 6.07) is 6.76. The van der Waals surface area contributed by atoms with Crippen LogP contribution in [0.3, 0.4) is 0 Å². The van der Waals surface area contributed by atoms with E-state index in [4.69, 9.17) is 0 Å². The number of benzene rings is 1. The van der Waals surface area contributed by atoms with E-state index in [9.17, 15) is 4.39 Å². The minimum Gasteiger partial charge on any atom is -0.311 e. The summed E-state index contributed by atoms with van der Waals surface area (Å²) in [6.45, 7) is 9.53. The van der Waals surface area contributed by atoms with E-state index >= 15 is 0 Å². The maximum atomic E-state index is 12.7. The quantitative estimate of drug-likeness (QED) is 0.837. The van der Waals surface area contributed by atoms with Gasteiger partial charge in [-0.25, -0.2) is 4.39 Å².